The van der Waals surface area contributed by atoms with Crippen LogP contribution in [0.25, 0.3) is 0 Å². The summed E-state index contributed by atoms with van der Waals surface area (Å²) in [6.07, 6.45) is 8.63. The van der Waals surface area contributed by atoms with Gasteiger partial charge in [-0.3, -0.25) is 6.08 Å². The number of aromatic hydroxyl groups is 1. The van der Waals surface area contributed by atoms with Crippen LogP contribution in [0.4, 0.5) is 0 Å². The monoisotopic (exact) mass is 591 g/mol. The third kappa shape index (κ3) is 12.7. The van der Waals surface area contributed by atoms with Gasteiger partial charge >= 0.3 is 95.6 Å². The molecule has 0 saturated carbocycles. The molecule has 1 aliphatic rings. The van der Waals surface area contributed by atoms with Crippen molar-refractivity contribution >= 4 is 40.2 Å². The standard InChI is InChI=1S/C13H10.C10H13ClO.C9H13.2ClH.Ti/c1-3-7-12(8-4-1)11-13-9-5-2-6-10-13;1-10(2,3)7-4-8(11)6-9(12)5-7;1-9(2,3)8-6-4-5-7-8;;;/h1-10H;4-6,12H,1-3H3;4,6H,5H2,1-3H3;2*1H;/q;;-1;;;+1. The summed E-state index contributed by atoms with van der Waals surface area (Å²) in [5.41, 5.74) is 5.31. The van der Waals surface area contributed by atoms with Crippen LogP contribution < -0.4 is 0 Å². The third-order valence-corrected chi connectivity index (χ3v) is 6.50. The Morgan fingerprint density at radius 1 is 0.784 bits per heavy atom. The van der Waals surface area contributed by atoms with Crippen molar-refractivity contribution < 1.29 is 25.1 Å². The molecule has 4 rings (SSSR count). The Kier molecular flexibility index (Phi) is 15.7. The Labute approximate surface area is 252 Å². The summed E-state index contributed by atoms with van der Waals surface area (Å²) in [6, 6.07) is 26.1. The molecule has 0 amide bonds. The van der Waals surface area contributed by atoms with Gasteiger partial charge in [-0.05, 0) is 34.6 Å². The Hall–Kier alpha value is -1.61. The SMILES string of the molecule is CC(C)(C)C1=[C-]CC=C1.CC(C)(C)c1cc(O)cc(Cl)c1.Cl.Cl.[Ti+]=[C](c1ccccc1)c1ccccc1. The van der Waals surface area contributed by atoms with Gasteiger partial charge in [-0.1, -0.05) is 53.1 Å². The zero-order chi connectivity index (χ0) is 26.1. The number of hydrogen-bond acceptors (Lipinski definition) is 1. The van der Waals surface area contributed by atoms with E-state index in [-0.39, 0.29) is 36.0 Å². The first-order valence-electron chi connectivity index (χ1n) is 11.8. The van der Waals surface area contributed by atoms with Gasteiger partial charge in [0, 0.05) is 5.02 Å². The second kappa shape index (κ2) is 16.4. The Bertz CT molecular complexity index is 1090. The Balaban J connectivity index is 0.000000523. The molecular formula is C32H38Cl3OTi. The number of benzene rings is 3. The summed E-state index contributed by atoms with van der Waals surface area (Å²) < 4.78 is 1.33. The fourth-order valence-electron chi connectivity index (χ4n) is 3.30. The average Bonchev–Trinajstić information content (AvgIpc) is 3.35. The van der Waals surface area contributed by atoms with Crippen molar-refractivity contribution in [2.24, 2.45) is 5.41 Å². The van der Waals surface area contributed by atoms with Crippen LogP contribution in [-0.4, -0.2) is 8.92 Å². The van der Waals surface area contributed by atoms with Crippen molar-refractivity contribution in [2.75, 3.05) is 0 Å². The predicted molar refractivity (Wildman–Crippen MR) is 162 cm³/mol. The number of halogens is 3. The quantitative estimate of drug-likeness (QED) is 0.232. The second-order valence-electron chi connectivity index (χ2n) is 10.5. The van der Waals surface area contributed by atoms with Gasteiger partial charge in [-0.15, -0.1) is 31.2 Å². The Morgan fingerprint density at radius 3 is 1.59 bits per heavy atom. The molecule has 197 valence electrons. The van der Waals surface area contributed by atoms with Crippen molar-refractivity contribution in [3.05, 3.63) is 124 Å². The first-order valence-corrected chi connectivity index (χ1v) is 13.0. The van der Waals surface area contributed by atoms with Crippen molar-refractivity contribution in [3.8, 4) is 5.75 Å². The number of hydrogen-bond donors (Lipinski definition) is 1. The molecule has 0 heterocycles. The van der Waals surface area contributed by atoms with E-state index in [1.165, 1.54) is 26.6 Å². The van der Waals surface area contributed by atoms with E-state index < -0.39 is 0 Å². The van der Waals surface area contributed by atoms with Gasteiger partial charge in [0.1, 0.15) is 5.75 Å². The molecule has 37 heavy (non-hydrogen) atoms. The molecule has 0 fully saturated rings. The van der Waals surface area contributed by atoms with E-state index in [1.54, 1.807) is 6.07 Å². The van der Waals surface area contributed by atoms with Crippen molar-refractivity contribution in [3.63, 3.8) is 0 Å². The normalized spacial score (nSPS) is 12.0. The molecule has 3 aromatic rings. The number of allylic oxidation sites excluding steroid dienone is 4. The predicted octanol–water partition coefficient (Wildman–Crippen LogP) is 9.71. The molecule has 0 spiro atoms. The van der Waals surface area contributed by atoms with Crippen LogP contribution in [0.5, 0.6) is 5.75 Å². The van der Waals surface area contributed by atoms with Crippen LogP contribution in [0.15, 0.2) is 96.6 Å². The summed E-state index contributed by atoms with van der Waals surface area (Å²) in [5.74, 6) is 0.229. The number of phenols is 1. The molecule has 0 aliphatic heterocycles. The van der Waals surface area contributed by atoms with E-state index in [0.717, 1.165) is 12.0 Å². The van der Waals surface area contributed by atoms with Crippen LogP contribution in [-0.2, 0) is 25.4 Å². The zero-order valence-corrected chi connectivity index (χ0v) is 26.5. The first-order chi connectivity index (χ1) is 16.4. The molecule has 0 atom stereocenters. The van der Waals surface area contributed by atoms with Gasteiger partial charge in [0.05, 0.1) is 0 Å². The van der Waals surface area contributed by atoms with Gasteiger partial charge in [-0.2, -0.15) is 6.08 Å². The topological polar surface area (TPSA) is 20.2 Å². The molecule has 0 unspecified atom stereocenters. The molecule has 1 N–H and O–H groups in total. The fraction of sp³-hybridized carbons (Fsp3) is 0.281. The average molecular weight is 593 g/mol. The third-order valence-electron chi connectivity index (χ3n) is 5.38. The summed E-state index contributed by atoms with van der Waals surface area (Å²) in [7, 11) is 0. The first kappa shape index (κ1) is 35.4. The van der Waals surface area contributed by atoms with Gasteiger partial charge in [-0.25, -0.2) is 11.6 Å². The molecule has 1 aliphatic carbocycles. The molecular weight excluding hydrogens is 555 g/mol. The van der Waals surface area contributed by atoms with E-state index >= 15 is 0 Å². The van der Waals surface area contributed by atoms with Crippen molar-refractivity contribution in [2.45, 2.75) is 53.4 Å². The van der Waals surface area contributed by atoms with Crippen LogP contribution in [0.1, 0.15) is 64.7 Å². The molecule has 1 nitrogen and oxygen atoms in total. The van der Waals surface area contributed by atoms with Gasteiger partial charge in [0.25, 0.3) is 0 Å². The van der Waals surface area contributed by atoms with Crippen LogP contribution in [0.3, 0.4) is 0 Å². The molecule has 0 bridgehead atoms. The zero-order valence-electron chi connectivity index (χ0n) is 22.5. The molecule has 3 aromatic carbocycles. The summed E-state index contributed by atoms with van der Waals surface area (Å²) in [4.78, 5) is 0. The molecule has 0 aromatic heterocycles. The van der Waals surface area contributed by atoms with E-state index in [4.69, 9.17) is 11.6 Å². The van der Waals surface area contributed by atoms with E-state index in [2.05, 4.69) is 128 Å². The van der Waals surface area contributed by atoms with Crippen LogP contribution >= 0.6 is 36.4 Å². The summed E-state index contributed by atoms with van der Waals surface area (Å²) in [5, 5.41) is 9.86. The summed E-state index contributed by atoms with van der Waals surface area (Å²) >= 11 is 7.95. The second-order valence-corrected chi connectivity index (χ2v) is 11.7. The maximum absolute atomic E-state index is 9.27. The molecule has 0 radical (unpaired) electrons. The van der Waals surface area contributed by atoms with Gasteiger partial charge in [0.15, 0.2) is 0 Å². The van der Waals surface area contributed by atoms with E-state index in [9.17, 15) is 5.11 Å². The summed E-state index contributed by atoms with van der Waals surface area (Å²) in [6.45, 7) is 12.9. The maximum atomic E-state index is 9.27. The minimum atomic E-state index is 0. The number of phenolic OH excluding ortho intramolecular Hbond substituents is 1. The Morgan fingerprint density at radius 2 is 1.27 bits per heavy atom. The van der Waals surface area contributed by atoms with Gasteiger partial charge in [0.2, 0.25) is 0 Å². The van der Waals surface area contributed by atoms with Crippen LogP contribution in [0.2, 0.25) is 5.02 Å². The minimum absolute atomic E-state index is 0. The van der Waals surface area contributed by atoms with Gasteiger partial charge < -0.3 is 5.11 Å². The van der Waals surface area contributed by atoms with E-state index in [0.29, 0.717) is 10.4 Å². The van der Waals surface area contributed by atoms with Crippen molar-refractivity contribution in [1.82, 2.24) is 0 Å². The van der Waals surface area contributed by atoms with Crippen molar-refractivity contribution in [1.29, 1.82) is 0 Å². The fourth-order valence-corrected chi connectivity index (χ4v) is 4.05. The number of rotatable bonds is 2. The van der Waals surface area contributed by atoms with E-state index in [1.807, 2.05) is 18.2 Å². The molecule has 5 heteroatoms. The van der Waals surface area contributed by atoms with Crippen LogP contribution in [0, 0.1) is 11.5 Å². The molecule has 0 saturated heterocycles.